The Balaban J connectivity index is 1.22. The number of rotatable bonds is 7. The van der Waals surface area contributed by atoms with Crippen molar-refractivity contribution < 1.29 is 9.53 Å². The highest BCUT2D eigenvalue weighted by molar-refractivity contribution is 5.84. The molecule has 3 saturated carbocycles. The molecule has 5 rings (SSSR count). The first-order chi connectivity index (χ1) is 17.7. The number of hydrogen-bond acceptors (Lipinski definition) is 2. The number of amides is 1. The second kappa shape index (κ2) is 10.8. The summed E-state index contributed by atoms with van der Waals surface area (Å²) in [6, 6.07) is 9.62. The van der Waals surface area contributed by atoms with E-state index in [9.17, 15) is 4.79 Å². The van der Waals surface area contributed by atoms with E-state index in [1.54, 1.807) is 5.57 Å². The summed E-state index contributed by atoms with van der Waals surface area (Å²) in [7, 11) is 0. The maximum absolute atomic E-state index is 12.5. The van der Waals surface area contributed by atoms with Gasteiger partial charge in [-0.3, -0.25) is 5.32 Å². The molecule has 1 N–H and O–H groups in total. The van der Waals surface area contributed by atoms with Gasteiger partial charge in [-0.25, -0.2) is 4.79 Å². The lowest BCUT2D eigenvalue weighted by molar-refractivity contribution is -0.0577. The zero-order valence-electron chi connectivity index (χ0n) is 24.1. The lowest BCUT2D eigenvalue weighted by Gasteiger charge is -2.58. The molecule has 0 heterocycles. The van der Waals surface area contributed by atoms with Gasteiger partial charge in [0.2, 0.25) is 0 Å². The summed E-state index contributed by atoms with van der Waals surface area (Å²) in [5.41, 5.74) is 3.21. The number of carbonyl (C=O) groups excluding carboxylic acids is 1. The van der Waals surface area contributed by atoms with E-state index in [1.807, 2.05) is 30.3 Å². The van der Waals surface area contributed by atoms with Crippen molar-refractivity contribution in [1.29, 1.82) is 0 Å². The number of fused-ring (bicyclic) bond motifs is 5. The second-order valence-corrected chi connectivity index (χ2v) is 14.1. The molecule has 8 atom stereocenters. The van der Waals surface area contributed by atoms with Crippen molar-refractivity contribution >= 4 is 11.8 Å². The van der Waals surface area contributed by atoms with Gasteiger partial charge < -0.3 is 4.74 Å². The van der Waals surface area contributed by atoms with Gasteiger partial charge in [-0.2, -0.15) is 0 Å². The van der Waals surface area contributed by atoms with Gasteiger partial charge in [0.15, 0.2) is 0 Å². The fourth-order valence-corrected chi connectivity index (χ4v) is 9.57. The van der Waals surface area contributed by atoms with Crippen molar-refractivity contribution in [2.45, 2.75) is 111 Å². The number of nitrogens with one attached hydrogen (secondary N) is 1. The molecule has 37 heavy (non-hydrogen) atoms. The van der Waals surface area contributed by atoms with Crippen LogP contribution < -0.4 is 5.32 Å². The average molecular weight is 506 g/mol. The molecular weight excluding hydrogens is 454 g/mol. The van der Waals surface area contributed by atoms with Crippen LogP contribution in [0.25, 0.3) is 0 Å². The van der Waals surface area contributed by atoms with Gasteiger partial charge in [0.05, 0.1) is 0 Å². The molecule has 0 aliphatic heterocycles. The summed E-state index contributed by atoms with van der Waals surface area (Å²) in [5, 5.41) is 2.90. The average Bonchev–Trinajstić information content (AvgIpc) is 3.22. The van der Waals surface area contributed by atoms with Crippen LogP contribution in [0.2, 0.25) is 0 Å². The van der Waals surface area contributed by atoms with Crippen LogP contribution in [0.5, 0.6) is 0 Å². The number of anilines is 1. The molecule has 204 valence electrons. The van der Waals surface area contributed by atoms with E-state index in [-0.39, 0.29) is 12.2 Å². The first kappa shape index (κ1) is 26.8. The van der Waals surface area contributed by atoms with Crippen molar-refractivity contribution in [3.05, 3.63) is 42.0 Å². The summed E-state index contributed by atoms with van der Waals surface area (Å²) in [6.45, 7) is 12.5. The molecule has 3 fully saturated rings. The van der Waals surface area contributed by atoms with E-state index in [0.717, 1.165) is 60.5 Å². The van der Waals surface area contributed by atoms with Crippen LogP contribution >= 0.6 is 0 Å². The van der Waals surface area contributed by atoms with E-state index in [4.69, 9.17) is 4.74 Å². The highest BCUT2D eigenvalue weighted by atomic mass is 16.6. The van der Waals surface area contributed by atoms with Crippen LogP contribution in [0.3, 0.4) is 0 Å². The molecular formula is C34H51NO2. The van der Waals surface area contributed by atoms with Crippen LogP contribution in [-0.2, 0) is 4.74 Å². The minimum absolute atomic E-state index is 0.00371. The third kappa shape index (κ3) is 5.26. The van der Waals surface area contributed by atoms with E-state index >= 15 is 0 Å². The fourth-order valence-electron chi connectivity index (χ4n) is 9.57. The number of ether oxygens (including phenoxy) is 1. The lowest BCUT2D eigenvalue weighted by Crippen LogP contribution is -2.51. The van der Waals surface area contributed by atoms with Crippen molar-refractivity contribution in [3.63, 3.8) is 0 Å². The Labute approximate surface area is 226 Å². The highest BCUT2D eigenvalue weighted by Gasteiger charge is 2.59. The first-order valence-electron chi connectivity index (χ1n) is 15.4. The van der Waals surface area contributed by atoms with Gasteiger partial charge in [-0.1, -0.05) is 83.7 Å². The van der Waals surface area contributed by atoms with Gasteiger partial charge in [0, 0.05) is 12.1 Å². The summed E-state index contributed by atoms with van der Waals surface area (Å²) in [6.07, 6.45) is 16.5. The quantitative estimate of drug-likeness (QED) is 0.375. The molecule has 0 saturated heterocycles. The molecule has 1 amide bonds. The lowest BCUT2D eigenvalue weighted by atomic mass is 9.47. The SMILES string of the molecule is CC(C)CCCC(C)C1CCC2C3CC=C4CC(OC(=O)Nc5ccccc5)CCC4(C)C3CCC12C. The predicted molar refractivity (Wildman–Crippen MR) is 153 cm³/mol. The van der Waals surface area contributed by atoms with E-state index in [2.05, 4.69) is 46.0 Å². The van der Waals surface area contributed by atoms with Crippen LogP contribution in [-0.4, -0.2) is 12.2 Å². The Morgan fingerprint density at radius 3 is 2.54 bits per heavy atom. The van der Waals surface area contributed by atoms with Crippen LogP contribution in [0, 0.1) is 46.3 Å². The van der Waals surface area contributed by atoms with Gasteiger partial charge in [-0.15, -0.1) is 0 Å². The standard InChI is InChI=1S/C34H51NO2/c1-23(2)10-9-11-24(3)29-16-17-30-28-15-14-25-22-27(37-32(36)35-26-12-7-6-8-13-26)18-20-33(25,4)31(28)19-21-34(29,30)5/h6-8,12-14,23-24,27-31H,9-11,15-22H2,1-5H3,(H,35,36). The molecule has 8 unspecified atom stereocenters. The topological polar surface area (TPSA) is 38.3 Å². The number of benzene rings is 1. The third-order valence-corrected chi connectivity index (χ3v) is 11.6. The Kier molecular flexibility index (Phi) is 7.81. The number of para-hydroxylation sites is 1. The molecule has 1 aromatic carbocycles. The molecule has 3 nitrogen and oxygen atoms in total. The van der Waals surface area contributed by atoms with Crippen molar-refractivity contribution in [2.75, 3.05) is 5.32 Å². The van der Waals surface area contributed by atoms with Gasteiger partial charge in [-0.05, 0) is 103 Å². The Hall–Kier alpha value is -1.77. The van der Waals surface area contributed by atoms with Crippen molar-refractivity contribution in [2.24, 2.45) is 46.3 Å². The van der Waals surface area contributed by atoms with Crippen LogP contribution in [0.4, 0.5) is 10.5 Å². The zero-order valence-corrected chi connectivity index (χ0v) is 24.1. The maximum atomic E-state index is 12.5. The summed E-state index contributed by atoms with van der Waals surface area (Å²) in [4.78, 5) is 12.5. The summed E-state index contributed by atoms with van der Waals surface area (Å²) >= 11 is 0. The van der Waals surface area contributed by atoms with Gasteiger partial charge in [0.1, 0.15) is 6.10 Å². The third-order valence-electron chi connectivity index (χ3n) is 11.6. The Morgan fingerprint density at radius 1 is 1.00 bits per heavy atom. The molecule has 0 radical (unpaired) electrons. The second-order valence-electron chi connectivity index (χ2n) is 14.1. The minimum Gasteiger partial charge on any atom is -0.446 e. The zero-order chi connectivity index (χ0) is 26.2. The maximum Gasteiger partial charge on any atom is 0.411 e. The van der Waals surface area contributed by atoms with E-state index in [1.165, 1.54) is 51.4 Å². The molecule has 4 aliphatic rings. The van der Waals surface area contributed by atoms with Crippen LogP contribution in [0.15, 0.2) is 42.0 Å². The largest absolute Gasteiger partial charge is 0.446 e. The van der Waals surface area contributed by atoms with Crippen molar-refractivity contribution in [1.82, 2.24) is 0 Å². The van der Waals surface area contributed by atoms with Crippen LogP contribution in [0.1, 0.15) is 105 Å². The smallest absolute Gasteiger partial charge is 0.411 e. The van der Waals surface area contributed by atoms with E-state index in [0.29, 0.717) is 10.8 Å². The van der Waals surface area contributed by atoms with Gasteiger partial charge >= 0.3 is 6.09 Å². The normalized spacial score (nSPS) is 37.7. The Bertz CT molecular complexity index is 969. The monoisotopic (exact) mass is 505 g/mol. The number of allylic oxidation sites excluding steroid dienone is 1. The first-order valence-corrected chi connectivity index (χ1v) is 15.4. The number of carbonyl (C=O) groups is 1. The summed E-state index contributed by atoms with van der Waals surface area (Å²) < 4.78 is 5.91. The molecule has 0 bridgehead atoms. The predicted octanol–water partition coefficient (Wildman–Crippen LogP) is 9.65. The molecule has 0 aromatic heterocycles. The molecule has 4 aliphatic carbocycles. The fraction of sp³-hybridized carbons (Fsp3) is 0.735. The molecule has 1 aromatic rings. The van der Waals surface area contributed by atoms with Crippen molar-refractivity contribution in [3.8, 4) is 0 Å². The summed E-state index contributed by atoms with van der Waals surface area (Å²) in [5.74, 6) is 5.15. The van der Waals surface area contributed by atoms with Gasteiger partial charge in [0.25, 0.3) is 0 Å². The highest BCUT2D eigenvalue weighted by Crippen LogP contribution is 2.67. The van der Waals surface area contributed by atoms with E-state index < -0.39 is 0 Å². The Morgan fingerprint density at radius 2 is 1.78 bits per heavy atom. The number of hydrogen-bond donors (Lipinski definition) is 1. The minimum atomic E-state index is -0.318. The molecule has 3 heteroatoms. The molecule has 0 spiro atoms.